The molecular formula is C23H26N6O. The number of benzene rings is 2. The molecule has 1 amide bonds. The van der Waals surface area contributed by atoms with Crippen molar-refractivity contribution in [3.8, 4) is 0 Å². The Bertz CT molecular complexity index is 1030. The summed E-state index contributed by atoms with van der Waals surface area (Å²) in [5, 5.41) is 6.42. The second-order valence-electron chi connectivity index (χ2n) is 8.09. The topological polar surface area (TPSA) is 67.8 Å². The Morgan fingerprint density at radius 2 is 1.77 bits per heavy atom. The second-order valence-corrected chi connectivity index (χ2v) is 8.09. The predicted octanol–water partition coefficient (Wildman–Crippen LogP) is 2.49. The number of hydrogen-bond acceptors (Lipinski definition) is 5. The Morgan fingerprint density at radius 1 is 1.03 bits per heavy atom. The molecule has 1 fully saturated rings. The molecule has 1 aromatic heterocycles. The molecule has 7 heteroatoms. The zero-order chi connectivity index (χ0) is 20.5. The Hall–Kier alpha value is -3.03. The van der Waals surface area contributed by atoms with Gasteiger partial charge < -0.3 is 9.88 Å². The number of H-pyrrole nitrogens is 1. The standard InChI is InChI=1S/C23H26N6O/c1-27-11-13-28(14-12-27)16-22(30)29-21(15-20(26-29)17-7-3-2-4-8-17)23-24-18-9-5-6-10-19(18)25-23/h2-10,21H,11-16H2,1H3,(H,24,25)/t21-/m0/s1. The molecule has 0 bridgehead atoms. The van der Waals surface area contributed by atoms with Gasteiger partial charge in [-0.2, -0.15) is 5.10 Å². The smallest absolute Gasteiger partial charge is 0.257 e. The summed E-state index contributed by atoms with van der Waals surface area (Å²) in [5.41, 5.74) is 3.86. The van der Waals surface area contributed by atoms with Crippen LogP contribution in [0.15, 0.2) is 59.7 Å². The lowest BCUT2D eigenvalue weighted by Crippen LogP contribution is -2.48. The van der Waals surface area contributed by atoms with Crippen molar-refractivity contribution in [1.29, 1.82) is 0 Å². The molecule has 2 aliphatic rings. The number of rotatable bonds is 4. The van der Waals surface area contributed by atoms with Crippen molar-refractivity contribution in [3.05, 3.63) is 66.0 Å². The van der Waals surface area contributed by atoms with Gasteiger partial charge in [0.05, 0.1) is 23.3 Å². The number of carbonyl (C=O) groups excluding carboxylic acids is 1. The van der Waals surface area contributed by atoms with Gasteiger partial charge in [0, 0.05) is 32.6 Å². The van der Waals surface area contributed by atoms with Gasteiger partial charge in [-0.15, -0.1) is 0 Å². The summed E-state index contributed by atoms with van der Waals surface area (Å²) in [5.74, 6) is 0.813. The number of piperazine rings is 1. The fraction of sp³-hybridized carbons (Fsp3) is 0.348. The summed E-state index contributed by atoms with van der Waals surface area (Å²) in [4.78, 5) is 26.0. The van der Waals surface area contributed by atoms with Gasteiger partial charge in [0.2, 0.25) is 0 Å². The number of nitrogens with zero attached hydrogens (tertiary/aromatic N) is 5. The van der Waals surface area contributed by atoms with Crippen molar-refractivity contribution in [2.45, 2.75) is 12.5 Å². The first-order valence-corrected chi connectivity index (χ1v) is 10.5. The van der Waals surface area contributed by atoms with E-state index in [2.05, 4.69) is 21.8 Å². The number of imidazole rings is 1. The Balaban J connectivity index is 1.43. The first-order valence-electron chi connectivity index (χ1n) is 10.5. The summed E-state index contributed by atoms with van der Waals surface area (Å²) in [6.45, 7) is 4.16. The number of carbonyl (C=O) groups is 1. The van der Waals surface area contributed by atoms with E-state index in [1.807, 2.05) is 54.6 Å². The van der Waals surface area contributed by atoms with Crippen LogP contribution < -0.4 is 0 Å². The van der Waals surface area contributed by atoms with E-state index in [0.29, 0.717) is 13.0 Å². The summed E-state index contributed by atoms with van der Waals surface area (Å²) >= 11 is 0. The number of hydrogen-bond donors (Lipinski definition) is 1. The van der Waals surface area contributed by atoms with E-state index < -0.39 is 0 Å². The molecule has 2 aliphatic heterocycles. The van der Waals surface area contributed by atoms with E-state index >= 15 is 0 Å². The highest BCUT2D eigenvalue weighted by molar-refractivity contribution is 6.03. The van der Waals surface area contributed by atoms with E-state index in [1.54, 1.807) is 5.01 Å². The van der Waals surface area contributed by atoms with Crippen LogP contribution >= 0.6 is 0 Å². The quantitative estimate of drug-likeness (QED) is 0.728. The molecule has 154 valence electrons. The maximum Gasteiger partial charge on any atom is 0.257 e. The highest BCUT2D eigenvalue weighted by Gasteiger charge is 2.35. The highest BCUT2D eigenvalue weighted by Crippen LogP contribution is 2.32. The van der Waals surface area contributed by atoms with Crippen LogP contribution in [0.5, 0.6) is 0 Å². The van der Waals surface area contributed by atoms with E-state index in [4.69, 9.17) is 10.1 Å². The highest BCUT2D eigenvalue weighted by atomic mass is 16.2. The van der Waals surface area contributed by atoms with Crippen molar-refractivity contribution in [3.63, 3.8) is 0 Å². The first-order chi connectivity index (χ1) is 14.7. The first kappa shape index (κ1) is 19.0. The molecular weight excluding hydrogens is 376 g/mol. The monoisotopic (exact) mass is 402 g/mol. The van der Waals surface area contributed by atoms with Gasteiger partial charge in [-0.25, -0.2) is 9.99 Å². The zero-order valence-corrected chi connectivity index (χ0v) is 17.2. The number of likely N-dealkylation sites (N-methyl/N-ethyl adjacent to an activating group) is 1. The molecule has 0 aliphatic carbocycles. The molecule has 0 saturated carbocycles. The molecule has 1 atom stereocenters. The number of amides is 1. The van der Waals surface area contributed by atoms with Gasteiger partial charge in [0.15, 0.2) is 0 Å². The van der Waals surface area contributed by atoms with Crippen LogP contribution in [0.2, 0.25) is 0 Å². The third-order valence-corrected chi connectivity index (χ3v) is 5.95. The summed E-state index contributed by atoms with van der Waals surface area (Å²) in [6, 6.07) is 17.8. The van der Waals surface area contributed by atoms with E-state index in [9.17, 15) is 4.79 Å². The zero-order valence-electron chi connectivity index (χ0n) is 17.2. The third kappa shape index (κ3) is 3.74. The van der Waals surface area contributed by atoms with Gasteiger partial charge in [-0.1, -0.05) is 42.5 Å². The van der Waals surface area contributed by atoms with Crippen LogP contribution in [-0.2, 0) is 4.79 Å². The van der Waals surface area contributed by atoms with Crippen LogP contribution in [0, 0.1) is 0 Å². The number of fused-ring (bicyclic) bond motifs is 1. The number of hydrazone groups is 1. The lowest BCUT2D eigenvalue weighted by Gasteiger charge is -2.32. The van der Waals surface area contributed by atoms with Crippen molar-refractivity contribution >= 4 is 22.7 Å². The van der Waals surface area contributed by atoms with Gasteiger partial charge in [-0.3, -0.25) is 9.69 Å². The Morgan fingerprint density at radius 3 is 2.53 bits per heavy atom. The second kappa shape index (κ2) is 8.01. The maximum absolute atomic E-state index is 13.3. The minimum atomic E-state index is -0.215. The van der Waals surface area contributed by atoms with Crippen LogP contribution in [0.25, 0.3) is 11.0 Å². The molecule has 5 rings (SSSR count). The summed E-state index contributed by atoms with van der Waals surface area (Å²) in [6.07, 6.45) is 0.651. The van der Waals surface area contributed by atoms with Gasteiger partial charge in [0.1, 0.15) is 11.9 Å². The SMILES string of the molecule is CN1CCN(CC(=O)N2N=C(c3ccccc3)C[C@H]2c2nc3ccccc3[nH]2)CC1. The van der Waals surface area contributed by atoms with Crippen LogP contribution in [-0.4, -0.2) is 76.2 Å². The number of aromatic amines is 1. The van der Waals surface area contributed by atoms with Crippen molar-refractivity contribution < 1.29 is 4.79 Å². The molecule has 3 aromatic rings. The van der Waals surface area contributed by atoms with Gasteiger partial charge in [0.25, 0.3) is 5.91 Å². The molecule has 1 saturated heterocycles. The van der Waals surface area contributed by atoms with Gasteiger partial charge in [-0.05, 0) is 24.7 Å². The minimum Gasteiger partial charge on any atom is -0.340 e. The maximum atomic E-state index is 13.3. The van der Waals surface area contributed by atoms with E-state index in [-0.39, 0.29) is 11.9 Å². The number of aromatic nitrogens is 2. The molecule has 1 N–H and O–H groups in total. The third-order valence-electron chi connectivity index (χ3n) is 5.95. The lowest BCUT2D eigenvalue weighted by molar-refractivity contribution is -0.134. The van der Waals surface area contributed by atoms with Crippen LogP contribution in [0.3, 0.4) is 0 Å². The minimum absolute atomic E-state index is 0.0240. The van der Waals surface area contributed by atoms with Crippen LogP contribution in [0.4, 0.5) is 0 Å². The molecule has 2 aromatic carbocycles. The molecule has 3 heterocycles. The van der Waals surface area contributed by atoms with Gasteiger partial charge >= 0.3 is 0 Å². The number of nitrogens with one attached hydrogen (secondary N) is 1. The Kier molecular flexibility index (Phi) is 5.06. The van der Waals surface area contributed by atoms with Crippen molar-refractivity contribution in [2.75, 3.05) is 39.8 Å². The molecule has 0 unspecified atom stereocenters. The van der Waals surface area contributed by atoms with Crippen molar-refractivity contribution in [1.82, 2.24) is 24.8 Å². The summed E-state index contributed by atoms with van der Waals surface area (Å²) in [7, 11) is 2.12. The van der Waals surface area contributed by atoms with Crippen molar-refractivity contribution in [2.24, 2.45) is 5.10 Å². The average molecular weight is 403 g/mol. The fourth-order valence-corrected chi connectivity index (χ4v) is 4.16. The lowest BCUT2D eigenvalue weighted by atomic mass is 10.0. The van der Waals surface area contributed by atoms with E-state index in [1.165, 1.54) is 0 Å². The molecule has 7 nitrogen and oxygen atoms in total. The summed E-state index contributed by atoms with van der Waals surface area (Å²) < 4.78 is 0. The predicted molar refractivity (Wildman–Crippen MR) is 117 cm³/mol. The normalized spacial score (nSPS) is 20.6. The van der Waals surface area contributed by atoms with E-state index in [0.717, 1.165) is 54.3 Å². The molecule has 30 heavy (non-hydrogen) atoms. The Labute approximate surface area is 176 Å². The van der Waals surface area contributed by atoms with Crippen LogP contribution in [0.1, 0.15) is 23.9 Å². The fourth-order valence-electron chi connectivity index (χ4n) is 4.16. The average Bonchev–Trinajstić information content (AvgIpc) is 3.40. The molecule has 0 radical (unpaired) electrons. The molecule has 0 spiro atoms. The number of para-hydroxylation sites is 2. The largest absolute Gasteiger partial charge is 0.340 e.